The molecule has 21 heavy (non-hydrogen) atoms. The van der Waals surface area contributed by atoms with Crippen molar-refractivity contribution >= 4 is 0 Å². The molecule has 110 valence electrons. The van der Waals surface area contributed by atoms with E-state index in [0.29, 0.717) is 0 Å². The second-order valence-electron chi connectivity index (χ2n) is 5.47. The standard InChI is InChI=1S/C16H20N4O/c1-2-5-15-18-14-11-20(9-7-13(14)16(21)19-15)10-12-6-3-4-8-17-12/h3-4,6,8H,2,5,7,9-11H2,1H3,(H,18,19,21). The van der Waals surface area contributed by atoms with E-state index in [0.717, 1.165) is 61.7 Å². The molecule has 0 amide bonds. The molecule has 1 aliphatic heterocycles. The summed E-state index contributed by atoms with van der Waals surface area (Å²) in [5.74, 6) is 0.806. The number of pyridine rings is 1. The maximum atomic E-state index is 12.1. The zero-order chi connectivity index (χ0) is 14.7. The topological polar surface area (TPSA) is 61.9 Å². The van der Waals surface area contributed by atoms with Crippen molar-refractivity contribution in [1.82, 2.24) is 19.9 Å². The predicted molar refractivity (Wildman–Crippen MR) is 80.9 cm³/mol. The summed E-state index contributed by atoms with van der Waals surface area (Å²) in [6, 6.07) is 5.96. The Labute approximate surface area is 124 Å². The molecule has 1 N–H and O–H groups in total. The average molecular weight is 284 g/mol. The molecule has 0 radical (unpaired) electrons. The SMILES string of the molecule is CCCc1nc2c(c(=O)[nH]1)CCN(Cc1ccccn1)C2. The van der Waals surface area contributed by atoms with Crippen molar-refractivity contribution in [2.24, 2.45) is 0 Å². The van der Waals surface area contributed by atoms with E-state index in [-0.39, 0.29) is 5.56 Å². The summed E-state index contributed by atoms with van der Waals surface area (Å²) in [4.78, 5) is 26.3. The number of aromatic amines is 1. The molecule has 0 saturated heterocycles. The first-order valence-corrected chi connectivity index (χ1v) is 7.49. The molecule has 2 aromatic rings. The highest BCUT2D eigenvalue weighted by molar-refractivity contribution is 5.21. The molecule has 1 aliphatic rings. The summed E-state index contributed by atoms with van der Waals surface area (Å²) < 4.78 is 0. The Morgan fingerprint density at radius 3 is 3.05 bits per heavy atom. The lowest BCUT2D eigenvalue weighted by Gasteiger charge is -2.27. The van der Waals surface area contributed by atoms with Crippen LogP contribution in [0.5, 0.6) is 0 Å². The summed E-state index contributed by atoms with van der Waals surface area (Å²) in [6.45, 7) is 4.50. The minimum atomic E-state index is 0.0425. The normalized spacial score (nSPS) is 14.9. The van der Waals surface area contributed by atoms with Crippen LogP contribution in [-0.4, -0.2) is 26.4 Å². The Morgan fingerprint density at radius 1 is 1.38 bits per heavy atom. The quantitative estimate of drug-likeness (QED) is 0.928. The fourth-order valence-corrected chi connectivity index (χ4v) is 2.76. The van der Waals surface area contributed by atoms with E-state index < -0.39 is 0 Å². The van der Waals surface area contributed by atoms with Gasteiger partial charge in [-0.15, -0.1) is 0 Å². The van der Waals surface area contributed by atoms with Gasteiger partial charge in [-0.05, 0) is 25.0 Å². The molecule has 0 fully saturated rings. The van der Waals surface area contributed by atoms with Crippen LogP contribution in [0.1, 0.15) is 36.1 Å². The number of hydrogen-bond donors (Lipinski definition) is 1. The monoisotopic (exact) mass is 284 g/mol. The van der Waals surface area contributed by atoms with Crippen LogP contribution in [0.2, 0.25) is 0 Å². The summed E-state index contributed by atoms with van der Waals surface area (Å²) in [5, 5.41) is 0. The number of H-pyrrole nitrogens is 1. The third-order valence-electron chi connectivity index (χ3n) is 3.80. The van der Waals surface area contributed by atoms with Crippen LogP contribution in [-0.2, 0) is 25.9 Å². The Bertz CT molecular complexity index is 666. The van der Waals surface area contributed by atoms with Crippen LogP contribution >= 0.6 is 0 Å². The molecule has 5 heteroatoms. The van der Waals surface area contributed by atoms with E-state index in [1.165, 1.54) is 0 Å². The minimum Gasteiger partial charge on any atom is -0.310 e. The molecule has 3 rings (SSSR count). The summed E-state index contributed by atoms with van der Waals surface area (Å²) in [5.41, 5.74) is 2.89. The highest BCUT2D eigenvalue weighted by Gasteiger charge is 2.21. The first-order valence-electron chi connectivity index (χ1n) is 7.49. The van der Waals surface area contributed by atoms with Crippen molar-refractivity contribution in [2.45, 2.75) is 39.3 Å². The van der Waals surface area contributed by atoms with Gasteiger partial charge in [-0.25, -0.2) is 4.98 Å². The average Bonchev–Trinajstić information content (AvgIpc) is 2.48. The fraction of sp³-hybridized carbons (Fsp3) is 0.438. The molecule has 0 saturated carbocycles. The first kappa shape index (κ1) is 13.9. The number of fused-ring (bicyclic) bond motifs is 1. The fourth-order valence-electron chi connectivity index (χ4n) is 2.76. The maximum absolute atomic E-state index is 12.1. The second-order valence-corrected chi connectivity index (χ2v) is 5.47. The zero-order valence-corrected chi connectivity index (χ0v) is 12.3. The molecule has 0 aromatic carbocycles. The maximum Gasteiger partial charge on any atom is 0.254 e. The van der Waals surface area contributed by atoms with Gasteiger partial charge in [0.1, 0.15) is 5.82 Å². The van der Waals surface area contributed by atoms with Crippen LogP contribution in [0.25, 0.3) is 0 Å². The first-order chi connectivity index (χ1) is 10.3. The largest absolute Gasteiger partial charge is 0.310 e. The van der Waals surface area contributed by atoms with Crippen LogP contribution in [0.3, 0.4) is 0 Å². The molecule has 0 bridgehead atoms. The van der Waals surface area contributed by atoms with E-state index in [1.807, 2.05) is 24.4 Å². The van der Waals surface area contributed by atoms with Crippen molar-refractivity contribution in [3.63, 3.8) is 0 Å². The summed E-state index contributed by atoms with van der Waals surface area (Å²) >= 11 is 0. The second kappa shape index (κ2) is 6.18. The Hall–Kier alpha value is -2.01. The smallest absolute Gasteiger partial charge is 0.254 e. The van der Waals surface area contributed by atoms with Gasteiger partial charge in [0.15, 0.2) is 0 Å². The number of hydrogen-bond acceptors (Lipinski definition) is 4. The lowest BCUT2D eigenvalue weighted by Crippen LogP contribution is -2.35. The van der Waals surface area contributed by atoms with E-state index >= 15 is 0 Å². The number of nitrogens with zero attached hydrogens (tertiary/aromatic N) is 3. The van der Waals surface area contributed by atoms with E-state index in [4.69, 9.17) is 0 Å². The van der Waals surface area contributed by atoms with Crippen LogP contribution in [0.15, 0.2) is 29.2 Å². The van der Waals surface area contributed by atoms with Crippen molar-refractivity contribution in [3.05, 3.63) is 57.5 Å². The third kappa shape index (κ3) is 3.19. The Balaban J connectivity index is 1.79. The van der Waals surface area contributed by atoms with Crippen molar-refractivity contribution in [2.75, 3.05) is 6.54 Å². The van der Waals surface area contributed by atoms with Gasteiger partial charge < -0.3 is 4.98 Å². The van der Waals surface area contributed by atoms with Gasteiger partial charge in [0, 0.05) is 37.8 Å². The Kier molecular flexibility index (Phi) is 4.10. The zero-order valence-electron chi connectivity index (χ0n) is 12.3. The minimum absolute atomic E-state index is 0.0425. The molecule has 3 heterocycles. The van der Waals surface area contributed by atoms with Gasteiger partial charge in [-0.2, -0.15) is 0 Å². The molecule has 0 spiro atoms. The van der Waals surface area contributed by atoms with Gasteiger partial charge in [-0.1, -0.05) is 13.0 Å². The Morgan fingerprint density at radius 2 is 2.29 bits per heavy atom. The number of aryl methyl sites for hydroxylation is 1. The summed E-state index contributed by atoms with van der Waals surface area (Å²) in [6.07, 6.45) is 4.38. The van der Waals surface area contributed by atoms with E-state index in [1.54, 1.807) is 0 Å². The number of aromatic nitrogens is 3. The van der Waals surface area contributed by atoms with Gasteiger partial charge in [-0.3, -0.25) is 14.7 Å². The number of nitrogens with one attached hydrogen (secondary N) is 1. The number of rotatable bonds is 4. The summed E-state index contributed by atoms with van der Waals surface area (Å²) in [7, 11) is 0. The van der Waals surface area contributed by atoms with Gasteiger partial charge in [0.25, 0.3) is 5.56 Å². The van der Waals surface area contributed by atoms with Gasteiger partial charge in [0.2, 0.25) is 0 Å². The highest BCUT2D eigenvalue weighted by atomic mass is 16.1. The van der Waals surface area contributed by atoms with Gasteiger partial charge >= 0.3 is 0 Å². The van der Waals surface area contributed by atoms with Gasteiger partial charge in [0.05, 0.1) is 11.4 Å². The molecular weight excluding hydrogens is 264 g/mol. The van der Waals surface area contributed by atoms with Crippen molar-refractivity contribution in [1.29, 1.82) is 0 Å². The van der Waals surface area contributed by atoms with E-state index in [2.05, 4.69) is 26.8 Å². The van der Waals surface area contributed by atoms with Crippen molar-refractivity contribution < 1.29 is 0 Å². The third-order valence-corrected chi connectivity index (χ3v) is 3.80. The van der Waals surface area contributed by atoms with Crippen LogP contribution in [0.4, 0.5) is 0 Å². The molecule has 0 atom stereocenters. The molecular formula is C16H20N4O. The lowest BCUT2D eigenvalue weighted by atomic mass is 10.1. The van der Waals surface area contributed by atoms with Crippen LogP contribution in [0, 0.1) is 0 Å². The van der Waals surface area contributed by atoms with Crippen LogP contribution < -0.4 is 5.56 Å². The molecule has 5 nitrogen and oxygen atoms in total. The molecule has 2 aromatic heterocycles. The highest BCUT2D eigenvalue weighted by Crippen LogP contribution is 2.16. The van der Waals surface area contributed by atoms with Crippen molar-refractivity contribution in [3.8, 4) is 0 Å². The lowest BCUT2D eigenvalue weighted by molar-refractivity contribution is 0.237. The molecule has 0 unspecified atom stereocenters. The van der Waals surface area contributed by atoms with E-state index in [9.17, 15) is 4.79 Å². The molecule has 0 aliphatic carbocycles. The predicted octanol–water partition coefficient (Wildman–Crippen LogP) is 1.68.